The Morgan fingerprint density at radius 3 is 2.50 bits per heavy atom. The molecular weight excluding hydrogens is 422 g/mol. The summed E-state index contributed by atoms with van der Waals surface area (Å²) in [6, 6.07) is 24.0. The van der Waals surface area contributed by atoms with Crippen molar-refractivity contribution in [3.8, 4) is 28.3 Å². The van der Waals surface area contributed by atoms with Crippen LogP contribution in [0.25, 0.3) is 33.4 Å². The summed E-state index contributed by atoms with van der Waals surface area (Å²) < 4.78 is 6.20. The smallest absolute Gasteiger partial charge is 0.205 e. The number of rotatable bonds is 6. The van der Waals surface area contributed by atoms with E-state index in [1.54, 1.807) is 0 Å². The molecule has 0 aliphatic heterocycles. The minimum Gasteiger partial charge on any atom is -0.488 e. The van der Waals surface area contributed by atoms with E-state index < -0.39 is 0 Å². The molecule has 0 amide bonds. The Kier molecular flexibility index (Phi) is 5.52. The van der Waals surface area contributed by atoms with Gasteiger partial charge in [-0.15, -0.1) is 10.2 Å². The third-order valence-electron chi connectivity index (χ3n) is 5.32. The molecule has 32 heavy (non-hydrogen) atoms. The molecule has 0 spiro atoms. The summed E-state index contributed by atoms with van der Waals surface area (Å²) in [6.07, 6.45) is 0.827. The molecule has 0 saturated heterocycles. The Hall–Kier alpha value is -3.77. The van der Waals surface area contributed by atoms with Gasteiger partial charge in [0.05, 0.1) is 5.52 Å². The number of hydrogen-bond acceptors (Lipinski definition) is 5. The largest absolute Gasteiger partial charge is 0.488 e. The Bertz CT molecular complexity index is 1370. The molecule has 2 heterocycles. The van der Waals surface area contributed by atoms with Gasteiger partial charge in [-0.3, -0.25) is 4.98 Å². The zero-order chi connectivity index (χ0) is 21.9. The maximum atomic E-state index is 6.20. The number of nitrogens with one attached hydrogen (secondary N) is 1. The Balaban J connectivity index is 1.39. The SMILES string of the molecule is CCc1cc(OCc2ccc(-c3ccccc3-c3nn[nH]n3)cc2)c2ccc(Cl)cc2n1. The summed E-state index contributed by atoms with van der Waals surface area (Å²) in [7, 11) is 0. The molecule has 0 aliphatic carbocycles. The van der Waals surface area contributed by atoms with Crippen LogP contribution < -0.4 is 4.74 Å². The number of halogens is 1. The first-order chi connectivity index (χ1) is 15.7. The van der Waals surface area contributed by atoms with Crippen molar-refractivity contribution in [2.45, 2.75) is 20.0 Å². The van der Waals surface area contributed by atoms with E-state index in [0.29, 0.717) is 17.5 Å². The number of hydrogen-bond donors (Lipinski definition) is 1. The van der Waals surface area contributed by atoms with Gasteiger partial charge in [-0.2, -0.15) is 5.21 Å². The molecule has 0 saturated carbocycles. The van der Waals surface area contributed by atoms with E-state index in [1.165, 1.54) is 0 Å². The lowest BCUT2D eigenvalue weighted by Gasteiger charge is -2.12. The van der Waals surface area contributed by atoms with Crippen molar-refractivity contribution in [2.24, 2.45) is 0 Å². The molecule has 158 valence electrons. The van der Waals surface area contributed by atoms with Crippen LogP contribution in [0.2, 0.25) is 5.02 Å². The van der Waals surface area contributed by atoms with Crippen molar-refractivity contribution in [3.63, 3.8) is 0 Å². The highest BCUT2D eigenvalue weighted by molar-refractivity contribution is 6.31. The molecule has 6 nitrogen and oxygen atoms in total. The quantitative estimate of drug-likeness (QED) is 0.356. The second-order valence-electron chi connectivity index (χ2n) is 7.39. The Morgan fingerprint density at radius 1 is 0.938 bits per heavy atom. The first-order valence-electron chi connectivity index (χ1n) is 10.4. The van der Waals surface area contributed by atoms with Crippen molar-refractivity contribution >= 4 is 22.5 Å². The lowest BCUT2D eigenvalue weighted by atomic mass is 9.98. The minimum atomic E-state index is 0.456. The molecule has 2 aromatic heterocycles. The topological polar surface area (TPSA) is 76.6 Å². The van der Waals surface area contributed by atoms with Crippen molar-refractivity contribution in [1.82, 2.24) is 25.6 Å². The summed E-state index contributed by atoms with van der Waals surface area (Å²) in [5.41, 5.74) is 5.95. The maximum Gasteiger partial charge on any atom is 0.205 e. The van der Waals surface area contributed by atoms with Gasteiger partial charge in [-0.05, 0) is 46.5 Å². The highest BCUT2D eigenvalue weighted by Crippen LogP contribution is 2.31. The fourth-order valence-electron chi connectivity index (χ4n) is 3.67. The highest BCUT2D eigenvalue weighted by Gasteiger charge is 2.11. The number of nitrogens with zero attached hydrogens (tertiary/aromatic N) is 4. The van der Waals surface area contributed by atoms with E-state index in [4.69, 9.17) is 16.3 Å². The molecule has 0 aliphatic rings. The maximum absolute atomic E-state index is 6.20. The highest BCUT2D eigenvalue weighted by atomic mass is 35.5. The number of fused-ring (bicyclic) bond motifs is 1. The van der Waals surface area contributed by atoms with Crippen LogP contribution in [0.5, 0.6) is 5.75 Å². The third-order valence-corrected chi connectivity index (χ3v) is 5.56. The molecule has 0 bridgehead atoms. The molecular formula is C25H20ClN5O. The summed E-state index contributed by atoms with van der Waals surface area (Å²) in [6.45, 7) is 2.53. The predicted molar refractivity (Wildman–Crippen MR) is 126 cm³/mol. The fourth-order valence-corrected chi connectivity index (χ4v) is 3.84. The zero-order valence-electron chi connectivity index (χ0n) is 17.4. The van der Waals surface area contributed by atoms with Crippen molar-refractivity contribution in [2.75, 3.05) is 0 Å². The van der Waals surface area contributed by atoms with Crippen LogP contribution in [0.1, 0.15) is 18.2 Å². The zero-order valence-corrected chi connectivity index (χ0v) is 18.2. The van der Waals surface area contributed by atoms with Crippen molar-refractivity contribution in [3.05, 3.63) is 89.1 Å². The second kappa shape index (κ2) is 8.77. The van der Waals surface area contributed by atoms with Crippen LogP contribution in [-0.2, 0) is 13.0 Å². The Morgan fingerprint density at radius 2 is 1.75 bits per heavy atom. The average molecular weight is 442 g/mol. The van der Waals surface area contributed by atoms with Gasteiger partial charge in [0.25, 0.3) is 0 Å². The van der Waals surface area contributed by atoms with Gasteiger partial charge in [0.1, 0.15) is 12.4 Å². The molecule has 0 unspecified atom stereocenters. The number of ether oxygens (including phenoxy) is 1. The number of aromatic nitrogens is 5. The van der Waals surface area contributed by atoms with Crippen LogP contribution in [0.4, 0.5) is 0 Å². The van der Waals surface area contributed by atoms with Crippen LogP contribution in [-0.4, -0.2) is 25.6 Å². The monoisotopic (exact) mass is 441 g/mol. The number of tetrazole rings is 1. The molecule has 5 aromatic rings. The van der Waals surface area contributed by atoms with E-state index in [1.807, 2.05) is 42.5 Å². The second-order valence-corrected chi connectivity index (χ2v) is 7.83. The number of benzene rings is 3. The van der Waals surface area contributed by atoms with E-state index in [0.717, 1.165) is 51.0 Å². The third kappa shape index (κ3) is 4.05. The molecule has 0 fully saturated rings. The first kappa shape index (κ1) is 20.2. The molecule has 1 N–H and O–H groups in total. The molecule has 0 atom stereocenters. The predicted octanol–water partition coefficient (Wildman–Crippen LogP) is 5.88. The summed E-state index contributed by atoms with van der Waals surface area (Å²) >= 11 is 6.15. The summed E-state index contributed by atoms with van der Waals surface area (Å²) in [4.78, 5) is 4.66. The van der Waals surface area contributed by atoms with Gasteiger partial charge in [0.15, 0.2) is 0 Å². The van der Waals surface area contributed by atoms with E-state index in [2.05, 4.69) is 62.9 Å². The van der Waals surface area contributed by atoms with E-state index in [-0.39, 0.29) is 0 Å². The number of pyridine rings is 1. The van der Waals surface area contributed by atoms with Gasteiger partial charge < -0.3 is 4.74 Å². The van der Waals surface area contributed by atoms with Gasteiger partial charge in [-0.25, -0.2) is 0 Å². The molecule has 5 rings (SSSR count). The van der Waals surface area contributed by atoms with Crippen molar-refractivity contribution in [1.29, 1.82) is 0 Å². The lowest BCUT2D eigenvalue weighted by Crippen LogP contribution is -1.99. The first-order valence-corrected chi connectivity index (χ1v) is 10.7. The summed E-state index contributed by atoms with van der Waals surface area (Å²) in [5, 5.41) is 16.0. The fraction of sp³-hybridized carbons (Fsp3) is 0.120. The summed E-state index contributed by atoms with van der Waals surface area (Å²) in [5.74, 6) is 1.39. The Labute approximate surface area is 190 Å². The average Bonchev–Trinajstić information content (AvgIpc) is 3.37. The minimum absolute atomic E-state index is 0.456. The van der Waals surface area contributed by atoms with Gasteiger partial charge in [0, 0.05) is 27.7 Å². The van der Waals surface area contributed by atoms with Crippen LogP contribution in [0.3, 0.4) is 0 Å². The van der Waals surface area contributed by atoms with E-state index >= 15 is 0 Å². The standard InChI is InChI=1S/C25H20ClN5O/c1-2-19-14-24(22-12-11-18(26)13-23(22)27-19)32-15-16-7-9-17(10-8-16)20-5-3-4-6-21(20)25-28-30-31-29-25/h3-14H,2,15H2,1H3,(H,28,29,30,31). The van der Waals surface area contributed by atoms with E-state index in [9.17, 15) is 0 Å². The number of aryl methyl sites for hydroxylation is 1. The lowest BCUT2D eigenvalue weighted by molar-refractivity contribution is 0.309. The molecule has 0 radical (unpaired) electrons. The van der Waals surface area contributed by atoms with Crippen LogP contribution in [0, 0.1) is 0 Å². The number of aromatic amines is 1. The van der Waals surface area contributed by atoms with Gasteiger partial charge in [-0.1, -0.05) is 67.1 Å². The van der Waals surface area contributed by atoms with Crippen molar-refractivity contribution < 1.29 is 4.74 Å². The van der Waals surface area contributed by atoms with Crippen LogP contribution >= 0.6 is 11.6 Å². The van der Waals surface area contributed by atoms with Gasteiger partial charge in [0.2, 0.25) is 5.82 Å². The molecule has 3 aromatic carbocycles. The van der Waals surface area contributed by atoms with Gasteiger partial charge >= 0.3 is 0 Å². The van der Waals surface area contributed by atoms with Crippen LogP contribution in [0.15, 0.2) is 72.8 Å². The number of H-pyrrole nitrogens is 1. The molecule has 7 heteroatoms. The normalized spacial score (nSPS) is 11.1.